The molecule has 5 heteroatoms. The van der Waals surface area contributed by atoms with Gasteiger partial charge in [0.25, 0.3) is 0 Å². The number of anilines is 1. The Kier molecular flexibility index (Phi) is 5.76. The van der Waals surface area contributed by atoms with E-state index in [0.717, 1.165) is 12.8 Å². The molecule has 2 aromatic rings. The topological polar surface area (TPSA) is 41.6 Å². The number of likely N-dealkylation sites (tertiary alicyclic amines) is 1. The van der Waals surface area contributed by atoms with E-state index in [-0.39, 0.29) is 17.8 Å². The Morgan fingerprint density at radius 1 is 1.27 bits per heavy atom. The molecule has 0 bridgehead atoms. The lowest BCUT2D eigenvalue weighted by molar-refractivity contribution is 0.204. The van der Waals surface area contributed by atoms with Crippen molar-refractivity contribution in [3.8, 4) is 5.75 Å². The Morgan fingerprint density at radius 3 is 2.73 bits per heavy atom. The number of ether oxygens (including phenoxy) is 1. The van der Waals surface area contributed by atoms with Gasteiger partial charge in [-0.25, -0.2) is 9.18 Å². The molecule has 2 unspecified atom stereocenters. The summed E-state index contributed by atoms with van der Waals surface area (Å²) in [6.07, 6.45) is 1.94. The Morgan fingerprint density at radius 2 is 2.04 bits per heavy atom. The summed E-state index contributed by atoms with van der Waals surface area (Å²) in [6.45, 7) is 5.00. The van der Waals surface area contributed by atoms with Crippen LogP contribution in [-0.4, -0.2) is 30.1 Å². The molecule has 1 aliphatic rings. The number of carbonyl (C=O) groups excluding carboxylic acids is 1. The molecule has 2 atom stereocenters. The molecule has 0 aromatic heterocycles. The van der Waals surface area contributed by atoms with Gasteiger partial charge in [-0.15, -0.1) is 0 Å². The second-order valence-electron chi connectivity index (χ2n) is 6.68. The van der Waals surface area contributed by atoms with Crippen LogP contribution in [0, 0.1) is 11.7 Å². The summed E-state index contributed by atoms with van der Waals surface area (Å²) >= 11 is 0. The van der Waals surface area contributed by atoms with Gasteiger partial charge >= 0.3 is 6.03 Å². The van der Waals surface area contributed by atoms with Gasteiger partial charge in [-0.3, -0.25) is 0 Å². The van der Waals surface area contributed by atoms with E-state index < -0.39 is 5.82 Å². The van der Waals surface area contributed by atoms with E-state index >= 15 is 0 Å². The molecule has 0 aliphatic carbocycles. The van der Waals surface area contributed by atoms with Gasteiger partial charge in [-0.05, 0) is 50.3 Å². The summed E-state index contributed by atoms with van der Waals surface area (Å²) in [6, 6.07) is 14.8. The third-order valence-corrected chi connectivity index (χ3v) is 5.00. The summed E-state index contributed by atoms with van der Waals surface area (Å²) in [7, 11) is 0. The first-order valence-corrected chi connectivity index (χ1v) is 9.12. The molecule has 0 spiro atoms. The van der Waals surface area contributed by atoms with Gasteiger partial charge in [0, 0.05) is 24.3 Å². The molecule has 4 nitrogen and oxygen atoms in total. The van der Waals surface area contributed by atoms with Crippen LogP contribution in [0.5, 0.6) is 5.75 Å². The number of hydrogen-bond donors (Lipinski definition) is 1. The number of nitrogens with zero attached hydrogens (tertiary/aromatic N) is 1. The van der Waals surface area contributed by atoms with Crippen molar-refractivity contribution >= 4 is 11.7 Å². The normalized spacial score (nSPS) is 19.4. The maximum atomic E-state index is 14.0. The lowest BCUT2D eigenvalue weighted by atomic mass is 9.93. The summed E-state index contributed by atoms with van der Waals surface area (Å²) in [5.74, 6) is 0.157. The minimum atomic E-state index is -0.471. The highest BCUT2D eigenvalue weighted by molar-refractivity contribution is 5.89. The first kappa shape index (κ1) is 18.2. The van der Waals surface area contributed by atoms with Crippen molar-refractivity contribution in [1.82, 2.24) is 4.90 Å². The third kappa shape index (κ3) is 4.15. The summed E-state index contributed by atoms with van der Waals surface area (Å²) in [4.78, 5) is 14.4. The van der Waals surface area contributed by atoms with Crippen molar-refractivity contribution in [3.63, 3.8) is 0 Å². The van der Waals surface area contributed by atoms with Gasteiger partial charge in [0.2, 0.25) is 0 Å². The largest absolute Gasteiger partial charge is 0.491 e. The van der Waals surface area contributed by atoms with E-state index in [4.69, 9.17) is 4.74 Å². The van der Waals surface area contributed by atoms with Crippen LogP contribution in [0.2, 0.25) is 0 Å². The highest BCUT2D eigenvalue weighted by Crippen LogP contribution is 2.28. The van der Waals surface area contributed by atoms with Crippen molar-refractivity contribution in [2.45, 2.75) is 32.7 Å². The number of urea groups is 1. The van der Waals surface area contributed by atoms with Crippen molar-refractivity contribution < 1.29 is 13.9 Å². The number of carbonyl (C=O) groups is 1. The van der Waals surface area contributed by atoms with Crippen molar-refractivity contribution in [1.29, 1.82) is 0 Å². The quantitative estimate of drug-likeness (QED) is 0.843. The highest BCUT2D eigenvalue weighted by atomic mass is 19.1. The zero-order valence-corrected chi connectivity index (χ0v) is 15.2. The highest BCUT2D eigenvalue weighted by Gasteiger charge is 2.33. The van der Waals surface area contributed by atoms with E-state index in [1.165, 1.54) is 11.6 Å². The first-order chi connectivity index (χ1) is 12.6. The third-order valence-electron chi connectivity index (χ3n) is 5.00. The Balaban J connectivity index is 1.61. The Bertz CT molecular complexity index is 751. The monoisotopic (exact) mass is 356 g/mol. The van der Waals surface area contributed by atoms with Crippen LogP contribution < -0.4 is 10.1 Å². The molecule has 1 aliphatic heterocycles. The molecule has 2 amide bonds. The van der Waals surface area contributed by atoms with Crippen molar-refractivity contribution in [3.05, 3.63) is 59.9 Å². The molecule has 1 heterocycles. The lowest BCUT2D eigenvalue weighted by Crippen LogP contribution is -2.39. The smallest absolute Gasteiger partial charge is 0.322 e. The van der Waals surface area contributed by atoms with Crippen LogP contribution >= 0.6 is 0 Å². The Hall–Kier alpha value is -2.56. The van der Waals surface area contributed by atoms with Gasteiger partial charge in [0.1, 0.15) is 0 Å². The molecule has 0 saturated carbocycles. The van der Waals surface area contributed by atoms with E-state index in [1.807, 2.05) is 23.1 Å². The van der Waals surface area contributed by atoms with Crippen LogP contribution in [0.3, 0.4) is 0 Å². The number of halogens is 1. The Labute approximate surface area is 154 Å². The minimum absolute atomic E-state index is 0.141. The lowest BCUT2D eigenvalue weighted by Gasteiger charge is -2.25. The molecular formula is C21H25FN2O2. The van der Waals surface area contributed by atoms with E-state index in [0.29, 0.717) is 24.8 Å². The van der Waals surface area contributed by atoms with Crippen molar-refractivity contribution in [2.24, 2.45) is 5.92 Å². The van der Waals surface area contributed by atoms with Crippen LogP contribution in [-0.2, 0) is 6.42 Å². The zero-order valence-electron chi connectivity index (χ0n) is 15.2. The van der Waals surface area contributed by atoms with Gasteiger partial charge in [-0.2, -0.15) is 0 Å². The number of nitrogens with one attached hydrogen (secondary N) is 1. The van der Waals surface area contributed by atoms with Gasteiger partial charge < -0.3 is 15.0 Å². The SMILES string of the molecule is CCOc1ccc(NC(=O)N2CCC(Cc3ccccc3)C2C)cc1F. The number of hydrogen-bond acceptors (Lipinski definition) is 2. The predicted molar refractivity (Wildman–Crippen MR) is 101 cm³/mol. The molecule has 0 radical (unpaired) electrons. The van der Waals surface area contributed by atoms with E-state index in [1.54, 1.807) is 19.1 Å². The van der Waals surface area contributed by atoms with Crippen LogP contribution in [0.25, 0.3) is 0 Å². The fraction of sp³-hybridized carbons (Fsp3) is 0.381. The fourth-order valence-corrected chi connectivity index (χ4v) is 3.53. The fourth-order valence-electron chi connectivity index (χ4n) is 3.53. The van der Waals surface area contributed by atoms with Crippen LogP contribution in [0.15, 0.2) is 48.5 Å². The maximum absolute atomic E-state index is 14.0. The number of amides is 2. The molecule has 1 saturated heterocycles. The minimum Gasteiger partial charge on any atom is -0.491 e. The first-order valence-electron chi connectivity index (χ1n) is 9.12. The zero-order chi connectivity index (χ0) is 18.5. The van der Waals surface area contributed by atoms with E-state index in [2.05, 4.69) is 24.4 Å². The van der Waals surface area contributed by atoms with Crippen LogP contribution in [0.4, 0.5) is 14.9 Å². The molecule has 3 rings (SSSR count). The van der Waals surface area contributed by atoms with Gasteiger partial charge in [-0.1, -0.05) is 30.3 Å². The van der Waals surface area contributed by atoms with Gasteiger partial charge in [0.05, 0.1) is 6.61 Å². The summed E-state index contributed by atoms with van der Waals surface area (Å²) in [5.41, 5.74) is 1.73. The van der Waals surface area contributed by atoms with Crippen LogP contribution in [0.1, 0.15) is 25.8 Å². The molecule has 1 N–H and O–H groups in total. The average Bonchev–Trinajstić information content (AvgIpc) is 2.99. The second kappa shape index (κ2) is 8.21. The second-order valence-corrected chi connectivity index (χ2v) is 6.68. The molecule has 2 aromatic carbocycles. The molecule has 26 heavy (non-hydrogen) atoms. The molecule has 138 valence electrons. The number of rotatable bonds is 5. The molecular weight excluding hydrogens is 331 g/mol. The summed E-state index contributed by atoms with van der Waals surface area (Å²) < 4.78 is 19.1. The average molecular weight is 356 g/mol. The predicted octanol–water partition coefficient (Wildman–Crippen LogP) is 4.71. The standard InChI is InChI=1S/C21H25FN2O2/c1-3-26-20-10-9-18(14-19(20)22)23-21(25)24-12-11-17(15(24)2)13-16-7-5-4-6-8-16/h4-10,14-15,17H,3,11-13H2,1-2H3,(H,23,25). The maximum Gasteiger partial charge on any atom is 0.322 e. The van der Waals surface area contributed by atoms with E-state index in [9.17, 15) is 9.18 Å². The summed E-state index contributed by atoms with van der Waals surface area (Å²) in [5, 5.41) is 2.80. The molecule has 1 fully saturated rings. The van der Waals surface area contributed by atoms with Gasteiger partial charge in [0.15, 0.2) is 11.6 Å². The van der Waals surface area contributed by atoms with Crippen molar-refractivity contribution in [2.75, 3.05) is 18.5 Å². The number of benzene rings is 2.